The predicted molar refractivity (Wildman–Crippen MR) is 93.9 cm³/mol. The number of anilines is 1. The van der Waals surface area contributed by atoms with Crippen molar-refractivity contribution < 1.29 is 18.3 Å². The van der Waals surface area contributed by atoms with Crippen molar-refractivity contribution in [3.05, 3.63) is 36.4 Å². The lowest BCUT2D eigenvalue weighted by Crippen LogP contribution is -2.34. The molecule has 0 saturated heterocycles. The number of benzene rings is 1. The first-order valence-electron chi connectivity index (χ1n) is 8.18. The van der Waals surface area contributed by atoms with Gasteiger partial charge in [0.25, 0.3) is 0 Å². The Morgan fingerprint density at radius 2 is 1.92 bits per heavy atom. The van der Waals surface area contributed by atoms with E-state index in [0.717, 1.165) is 38.5 Å². The number of hydrogen-bond acceptors (Lipinski definition) is 4. The average Bonchev–Trinajstić information content (AvgIpc) is 2.80. The van der Waals surface area contributed by atoms with Gasteiger partial charge in [-0.05, 0) is 31.0 Å². The molecule has 6 nitrogen and oxygen atoms in total. The minimum Gasteiger partial charge on any atom is -0.478 e. The van der Waals surface area contributed by atoms with Crippen molar-refractivity contribution in [1.82, 2.24) is 4.72 Å². The maximum atomic E-state index is 12.6. The summed E-state index contributed by atoms with van der Waals surface area (Å²) in [5.74, 6) is -1.17. The van der Waals surface area contributed by atoms with Gasteiger partial charge in [-0.15, -0.1) is 6.58 Å². The number of aromatic carboxylic acids is 1. The molecule has 3 N–H and O–H groups in total. The van der Waals surface area contributed by atoms with Gasteiger partial charge in [0.15, 0.2) is 0 Å². The van der Waals surface area contributed by atoms with E-state index >= 15 is 0 Å². The Hall–Kier alpha value is -1.86. The first-order chi connectivity index (χ1) is 11.4. The first kappa shape index (κ1) is 18.5. The van der Waals surface area contributed by atoms with Crippen LogP contribution in [0.5, 0.6) is 0 Å². The molecular weight excluding hydrogens is 328 g/mol. The molecule has 0 heterocycles. The van der Waals surface area contributed by atoms with E-state index in [2.05, 4.69) is 16.6 Å². The summed E-state index contributed by atoms with van der Waals surface area (Å²) in [5, 5.41) is 12.2. The van der Waals surface area contributed by atoms with E-state index in [0.29, 0.717) is 12.2 Å². The topological polar surface area (TPSA) is 95.5 Å². The summed E-state index contributed by atoms with van der Waals surface area (Å²) in [5.41, 5.74) is 0.302. The maximum Gasteiger partial charge on any atom is 0.337 e. The predicted octanol–water partition coefficient (Wildman–Crippen LogP) is 2.98. The van der Waals surface area contributed by atoms with Gasteiger partial charge in [-0.1, -0.05) is 31.8 Å². The van der Waals surface area contributed by atoms with Crippen LogP contribution in [0.15, 0.2) is 35.7 Å². The Kier molecular flexibility index (Phi) is 6.39. The number of carboxylic acids is 1. The number of carbonyl (C=O) groups is 1. The van der Waals surface area contributed by atoms with Crippen molar-refractivity contribution in [3.63, 3.8) is 0 Å². The zero-order valence-corrected chi connectivity index (χ0v) is 14.4. The monoisotopic (exact) mass is 352 g/mol. The molecule has 7 heteroatoms. The quantitative estimate of drug-likeness (QED) is 0.518. The molecule has 0 radical (unpaired) electrons. The number of rotatable bonds is 7. The van der Waals surface area contributed by atoms with Crippen LogP contribution in [0.25, 0.3) is 0 Å². The Bertz CT molecular complexity index is 693. The third kappa shape index (κ3) is 4.82. The summed E-state index contributed by atoms with van der Waals surface area (Å²) in [7, 11) is -3.73. The van der Waals surface area contributed by atoms with Crippen LogP contribution < -0.4 is 10.0 Å². The van der Waals surface area contributed by atoms with Gasteiger partial charge in [0.2, 0.25) is 10.0 Å². The number of nitrogens with one attached hydrogen (secondary N) is 2. The third-order valence-corrected chi connectivity index (χ3v) is 5.66. The lowest BCUT2D eigenvalue weighted by atomic mass is 10.1. The van der Waals surface area contributed by atoms with Crippen LogP contribution in [0.1, 0.15) is 48.9 Å². The number of carboxylic acid groups (broad SMARTS) is 1. The zero-order valence-electron chi connectivity index (χ0n) is 13.6. The van der Waals surface area contributed by atoms with Gasteiger partial charge in [0.05, 0.1) is 10.5 Å². The summed E-state index contributed by atoms with van der Waals surface area (Å²) in [6, 6.07) is 4.03. The lowest BCUT2D eigenvalue weighted by molar-refractivity contribution is 0.0697. The molecule has 1 aromatic carbocycles. The van der Waals surface area contributed by atoms with Gasteiger partial charge in [-0.25, -0.2) is 17.9 Å². The van der Waals surface area contributed by atoms with E-state index in [9.17, 15) is 18.3 Å². The summed E-state index contributed by atoms with van der Waals surface area (Å²) in [4.78, 5) is 11.4. The van der Waals surface area contributed by atoms with Gasteiger partial charge in [0.1, 0.15) is 0 Å². The van der Waals surface area contributed by atoms with E-state index in [1.54, 1.807) is 6.08 Å². The Labute approximate surface area is 143 Å². The van der Waals surface area contributed by atoms with Crippen molar-refractivity contribution in [2.75, 3.05) is 11.9 Å². The molecule has 1 fully saturated rings. The Balaban J connectivity index is 2.24. The van der Waals surface area contributed by atoms with Crippen LogP contribution in [0.4, 0.5) is 5.69 Å². The molecule has 1 saturated carbocycles. The van der Waals surface area contributed by atoms with Crippen LogP contribution in [-0.2, 0) is 10.0 Å². The van der Waals surface area contributed by atoms with Gasteiger partial charge in [-0.3, -0.25) is 0 Å². The second-order valence-electron chi connectivity index (χ2n) is 5.99. The van der Waals surface area contributed by atoms with Crippen molar-refractivity contribution in [2.45, 2.75) is 49.5 Å². The van der Waals surface area contributed by atoms with E-state index in [1.165, 1.54) is 18.2 Å². The smallest absolute Gasteiger partial charge is 0.337 e. The number of hydrogen-bond donors (Lipinski definition) is 3. The molecule has 2 rings (SSSR count). The zero-order chi connectivity index (χ0) is 17.6. The average molecular weight is 352 g/mol. The van der Waals surface area contributed by atoms with E-state index in [4.69, 9.17) is 0 Å². The van der Waals surface area contributed by atoms with Crippen molar-refractivity contribution in [3.8, 4) is 0 Å². The molecule has 0 unspecified atom stereocenters. The molecule has 24 heavy (non-hydrogen) atoms. The molecule has 1 aliphatic rings. The highest BCUT2D eigenvalue weighted by molar-refractivity contribution is 7.89. The third-order valence-electron chi connectivity index (χ3n) is 4.15. The van der Waals surface area contributed by atoms with Crippen molar-refractivity contribution in [2.24, 2.45) is 0 Å². The van der Waals surface area contributed by atoms with Gasteiger partial charge in [0, 0.05) is 18.3 Å². The van der Waals surface area contributed by atoms with Crippen LogP contribution in [-0.4, -0.2) is 32.1 Å². The highest BCUT2D eigenvalue weighted by atomic mass is 32.2. The SMILES string of the molecule is C=CCNc1ccc(S(=O)(=O)NC2CCCCCC2)cc1C(=O)O. The molecule has 1 aromatic rings. The van der Waals surface area contributed by atoms with E-state index in [-0.39, 0.29) is 16.5 Å². The minimum atomic E-state index is -3.73. The second kappa shape index (κ2) is 8.30. The standard InChI is InChI=1S/C17H24N2O4S/c1-2-11-18-16-10-9-14(12-15(16)17(20)21)24(22,23)19-13-7-5-3-4-6-8-13/h2,9-10,12-13,18-19H,1,3-8,11H2,(H,20,21). The maximum absolute atomic E-state index is 12.6. The molecule has 0 amide bonds. The van der Waals surface area contributed by atoms with E-state index in [1.807, 2.05) is 0 Å². The van der Waals surface area contributed by atoms with E-state index < -0.39 is 16.0 Å². The molecule has 0 aliphatic heterocycles. The molecule has 0 spiro atoms. The van der Waals surface area contributed by atoms with Crippen LogP contribution in [0, 0.1) is 0 Å². The fourth-order valence-electron chi connectivity index (χ4n) is 2.89. The molecule has 0 atom stereocenters. The van der Waals surface area contributed by atoms with Crippen LogP contribution in [0.3, 0.4) is 0 Å². The summed E-state index contributed by atoms with van der Waals surface area (Å²) in [6.07, 6.45) is 7.53. The lowest BCUT2D eigenvalue weighted by Gasteiger charge is -2.17. The Morgan fingerprint density at radius 1 is 1.25 bits per heavy atom. The van der Waals surface area contributed by atoms with Crippen LogP contribution >= 0.6 is 0 Å². The first-order valence-corrected chi connectivity index (χ1v) is 9.67. The fourth-order valence-corrected chi connectivity index (χ4v) is 4.22. The number of sulfonamides is 1. The van der Waals surface area contributed by atoms with Gasteiger partial charge >= 0.3 is 5.97 Å². The summed E-state index contributed by atoms with van der Waals surface area (Å²) >= 11 is 0. The summed E-state index contributed by atoms with van der Waals surface area (Å²) in [6.45, 7) is 3.96. The Morgan fingerprint density at radius 3 is 2.50 bits per heavy atom. The second-order valence-corrected chi connectivity index (χ2v) is 7.71. The molecule has 1 aliphatic carbocycles. The largest absolute Gasteiger partial charge is 0.478 e. The highest BCUT2D eigenvalue weighted by Crippen LogP contribution is 2.23. The molecule has 132 valence electrons. The van der Waals surface area contributed by atoms with Crippen molar-refractivity contribution >= 4 is 21.7 Å². The fraction of sp³-hybridized carbons (Fsp3) is 0.471. The molecule has 0 aromatic heterocycles. The molecular formula is C17H24N2O4S. The summed E-state index contributed by atoms with van der Waals surface area (Å²) < 4.78 is 27.9. The van der Waals surface area contributed by atoms with Crippen molar-refractivity contribution in [1.29, 1.82) is 0 Å². The van der Waals surface area contributed by atoms with Gasteiger partial charge < -0.3 is 10.4 Å². The minimum absolute atomic E-state index is 0.0201. The highest BCUT2D eigenvalue weighted by Gasteiger charge is 2.23. The normalized spacial score (nSPS) is 16.3. The van der Waals surface area contributed by atoms with Gasteiger partial charge in [-0.2, -0.15) is 0 Å². The van der Waals surface area contributed by atoms with Crippen LogP contribution in [0.2, 0.25) is 0 Å². The molecule has 0 bridgehead atoms.